The Kier molecular flexibility index (Phi) is 5.14. The molecule has 1 atom stereocenters. The SMILES string of the molecule is CC(C)(C)CS(=O)(=O)N1CCC2(CC1)CC2CNC(=O)N1Cc2ccncc2C1. The second kappa shape index (κ2) is 7.23. The van der Waals surface area contributed by atoms with E-state index in [4.69, 9.17) is 0 Å². The molecule has 160 valence electrons. The fourth-order valence-corrected chi connectivity index (χ4v) is 6.88. The number of aromatic nitrogens is 1. The van der Waals surface area contributed by atoms with Crippen molar-refractivity contribution in [3.05, 3.63) is 29.6 Å². The molecule has 1 N–H and O–H groups in total. The molecule has 0 bridgehead atoms. The van der Waals surface area contributed by atoms with Crippen molar-refractivity contribution in [1.29, 1.82) is 0 Å². The van der Waals surface area contributed by atoms with Gasteiger partial charge < -0.3 is 10.2 Å². The molecule has 1 aromatic heterocycles. The number of fused-ring (bicyclic) bond motifs is 1. The first-order valence-electron chi connectivity index (χ1n) is 10.5. The quantitative estimate of drug-likeness (QED) is 0.812. The molecule has 1 aliphatic carbocycles. The molecule has 8 heteroatoms. The van der Waals surface area contributed by atoms with Crippen molar-refractivity contribution >= 4 is 16.1 Å². The molecule has 7 nitrogen and oxygen atoms in total. The Bertz CT molecular complexity index is 860. The van der Waals surface area contributed by atoms with E-state index in [0.29, 0.717) is 38.6 Å². The van der Waals surface area contributed by atoms with E-state index >= 15 is 0 Å². The van der Waals surface area contributed by atoms with Crippen LogP contribution in [0.2, 0.25) is 0 Å². The maximum absolute atomic E-state index is 12.6. The number of carbonyl (C=O) groups is 1. The fraction of sp³-hybridized carbons (Fsp3) is 0.714. The van der Waals surface area contributed by atoms with Gasteiger partial charge in [0.1, 0.15) is 0 Å². The summed E-state index contributed by atoms with van der Waals surface area (Å²) in [6, 6.07) is 1.95. The number of urea groups is 1. The molecule has 1 saturated heterocycles. The molecular formula is C21H32N4O3S. The molecule has 2 aliphatic heterocycles. The number of nitrogens with zero attached hydrogens (tertiary/aromatic N) is 3. The van der Waals surface area contributed by atoms with Crippen molar-refractivity contribution in [2.45, 2.75) is 53.1 Å². The van der Waals surface area contributed by atoms with Gasteiger partial charge in [0.2, 0.25) is 10.0 Å². The van der Waals surface area contributed by atoms with Gasteiger partial charge in [-0.05, 0) is 53.2 Å². The van der Waals surface area contributed by atoms with Gasteiger partial charge in [0, 0.05) is 45.1 Å². The van der Waals surface area contributed by atoms with E-state index in [1.807, 2.05) is 37.9 Å². The van der Waals surface area contributed by atoms with E-state index in [-0.39, 0.29) is 22.6 Å². The zero-order valence-corrected chi connectivity index (χ0v) is 18.5. The number of piperidine rings is 1. The van der Waals surface area contributed by atoms with Gasteiger partial charge >= 0.3 is 6.03 Å². The standard InChI is InChI=1S/C21H32N4O3S/c1-20(2,3)15-29(27,28)25-8-5-21(6-9-25)10-18(21)12-23-19(26)24-13-16-4-7-22-11-17(16)14-24/h4,7,11,18H,5-6,8-10,12-15H2,1-3H3,(H,23,26). The van der Waals surface area contributed by atoms with Gasteiger partial charge in [0.15, 0.2) is 0 Å². The molecule has 3 heterocycles. The number of hydrogen-bond donors (Lipinski definition) is 1. The van der Waals surface area contributed by atoms with Crippen molar-refractivity contribution in [2.24, 2.45) is 16.7 Å². The number of carbonyl (C=O) groups excluding carboxylic acids is 1. The number of amides is 2. The lowest BCUT2D eigenvalue weighted by Crippen LogP contribution is -2.43. The summed E-state index contributed by atoms with van der Waals surface area (Å²) >= 11 is 0. The molecule has 29 heavy (non-hydrogen) atoms. The predicted molar refractivity (Wildman–Crippen MR) is 111 cm³/mol. The Morgan fingerprint density at radius 3 is 2.59 bits per heavy atom. The highest BCUT2D eigenvalue weighted by Gasteiger charge is 2.55. The van der Waals surface area contributed by atoms with Gasteiger partial charge in [0.05, 0.1) is 5.75 Å². The lowest BCUT2D eigenvalue weighted by atomic mass is 9.92. The van der Waals surface area contributed by atoms with Crippen molar-refractivity contribution in [3.63, 3.8) is 0 Å². The minimum atomic E-state index is -3.19. The van der Waals surface area contributed by atoms with E-state index in [9.17, 15) is 13.2 Å². The second-order valence-corrected chi connectivity index (χ2v) is 12.1. The van der Waals surface area contributed by atoms with E-state index in [1.165, 1.54) is 5.56 Å². The first kappa shape index (κ1) is 20.6. The van der Waals surface area contributed by atoms with Gasteiger partial charge in [-0.25, -0.2) is 17.5 Å². The number of nitrogens with one attached hydrogen (secondary N) is 1. The van der Waals surface area contributed by atoms with Gasteiger partial charge in [0.25, 0.3) is 0 Å². The Morgan fingerprint density at radius 1 is 1.24 bits per heavy atom. The Balaban J connectivity index is 1.24. The van der Waals surface area contributed by atoms with Crippen LogP contribution in [-0.2, 0) is 23.1 Å². The number of pyridine rings is 1. The summed E-state index contributed by atoms with van der Waals surface area (Å²) in [5.74, 6) is 0.658. The minimum absolute atomic E-state index is 0.0200. The van der Waals surface area contributed by atoms with Crippen LogP contribution in [0.1, 0.15) is 51.2 Å². The van der Waals surface area contributed by atoms with E-state index < -0.39 is 10.0 Å². The summed E-state index contributed by atoms with van der Waals surface area (Å²) in [7, 11) is -3.19. The number of hydrogen-bond acceptors (Lipinski definition) is 4. The van der Waals surface area contributed by atoms with Crippen LogP contribution >= 0.6 is 0 Å². The van der Waals surface area contributed by atoms with Crippen molar-refractivity contribution in [1.82, 2.24) is 19.5 Å². The van der Waals surface area contributed by atoms with Crippen molar-refractivity contribution < 1.29 is 13.2 Å². The van der Waals surface area contributed by atoms with Crippen LogP contribution in [0, 0.1) is 16.7 Å². The van der Waals surface area contributed by atoms with Crippen LogP contribution < -0.4 is 5.32 Å². The summed E-state index contributed by atoms with van der Waals surface area (Å²) in [6.07, 6.45) is 6.49. The summed E-state index contributed by atoms with van der Waals surface area (Å²) in [6.45, 7) is 9.04. The Hall–Kier alpha value is -1.67. The van der Waals surface area contributed by atoms with Crippen LogP contribution in [0.3, 0.4) is 0 Å². The monoisotopic (exact) mass is 420 g/mol. The summed E-state index contributed by atoms with van der Waals surface area (Å²) in [4.78, 5) is 18.5. The third-order valence-corrected chi connectivity index (χ3v) is 8.98. The maximum atomic E-state index is 12.6. The molecule has 0 aromatic carbocycles. The molecule has 2 amide bonds. The third-order valence-electron chi connectivity index (χ3n) is 6.60. The van der Waals surface area contributed by atoms with Gasteiger partial charge in [-0.2, -0.15) is 0 Å². The van der Waals surface area contributed by atoms with Crippen molar-refractivity contribution in [3.8, 4) is 0 Å². The van der Waals surface area contributed by atoms with Crippen LogP contribution in [0.25, 0.3) is 0 Å². The first-order valence-corrected chi connectivity index (χ1v) is 12.1. The Labute approximate surface area is 173 Å². The van der Waals surface area contributed by atoms with Crippen LogP contribution in [0.5, 0.6) is 0 Å². The molecule has 1 aromatic rings. The first-order chi connectivity index (χ1) is 13.6. The minimum Gasteiger partial charge on any atom is -0.338 e. The largest absolute Gasteiger partial charge is 0.338 e. The van der Waals surface area contributed by atoms with Gasteiger partial charge in [-0.15, -0.1) is 0 Å². The molecule has 1 spiro atoms. The zero-order chi connectivity index (χ0) is 20.9. The van der Waals surface area contributed by atoms with E-state index in [2.05, 4.69) is 10.3 Å². The lowest BCUT2D eigenvalue weighted by Gasteiger charge is -2.34. The average molecular weight is 421 g/mol. The molecule has 3 aliphatic rings. The Morgan fingerprint density at radius 2 is 1.93 bits per heavy atom. The zero-order valence-electron chi connectivity index (χ0n) is 17.6. The van der Waals surface area contributed by atoms with Crippen LogP contribution in [-0.4, -0.2) is 54.0 Å². The highest BCUT2D eigenvalue weighted by molar-refractivity contribution is 7.89. The summed E-state index contributed by atoms with van der Waals surface area (Å²) in [5.41, 5.74) is 2.28. The third kappa shape index (κ3) is 4.43. The number of rotatable bonds is 4. The topological polar surface area (TPSA) is 82.6 Å². The molecule has 1 unspecified atom stereocenters. The smallest absolute Gasteiger partial charge is 0.318 e. The highest BCUT2D eigenvalue weighted by atomic mass is 32.2. The molecule has 4 rings (SSSR count). The van der Waals surface area contributed by atoms with E-state index in [0.717, 1.165) is 24.8 Å². The molecular weight excluding hydrogens is 388 g/mol. The normalized spacial score (nSPS) is 23.8. The summed E-state index contributed by atoms with van der Waals surface area (Å²) in [5, 5.41) is 3.10. The molecule has 2 fully saturated rings. The summed E-state index contributed by atoms with van der Waals surface area (Å²) < 4.78 is 26.9. The van der Waals surface area contributed by atoms with Crippen molar-refractivity contribution in [2.75, 3.05) is 25.4 Å². The lowest BCUT2D eigenvalue weighted by molar-refractivity contribution is 0.195. The molecule has 1 saturated carbocycles. The second-order valence-electron chi connectivity index (χ2n) is 10.2. The average Bonchev–Trinajstić information content (AvgIpc) is 3.11. The number of sulfonamides is 1. The predicted octanol–water partition coefficient (Wildman–Crippen LogP) is 2.58. The highest BCUT2D eigenvalue weighted by Crippen LogP contribution is 2.59. The van der Waals surface area contributed by atoms with Gasteiger partial charge in [-0.1, -0.05) is 20.8 Å². The van der Waals surface area contributed by atoms with Crippen LogP contribution in [0.15, 0.2) is 18.5 Å². The van der Waals surface area contributed by atoms with Crippen LogP contribution in [0.4, 0.5) is 4.79 Å². The fourth-order valence-electron chi connectivity index (χ4n) is 4.87. The maximum Gasteiger partial charge on any atom is 0.318 e. The molecule has 0 radical (unpaired) electrons. The van der Waals surface area contributed by atoms with Gasteiger partial charge in [-0.3, -0.25) is 4.98 Å². The van der Waals surface area contributed by atoms with E-state index in [1.54, 1.807) is 10.5 Å².